The molecule has 1 unspecified atom stereocenters. The molecule has 0 aromatic rings. The molecule has 1 nitrogen and oxygen atoms in total. The fraction of sp³-hybridized carbons (Fsp3) is 1.00. The zero-order chi connectivity index (χ0) is 10.1. The Balaban J connectivity index is 0. The van der Waals surface area contributed by atoms with Crippen LogP contribution in [-0.4, -0.2) is 6.04 Å². The second-order valence-electron chi connectivity index (χ2n) is 3.08. The van der Waals surface area contributed by atoms with Crippen LogP contribution in [0.5, 0.6) is 0 Å². The molecule has 0 fully saturated rings. The van der Waals surface area contributed by atoms with Crippen LogP contribution in [0.2, 0.25) is 0 Å². The van der Waals surface area contributed by atoms with Crippen molar-refractivity contribution in [3.05, 3.63) is 0 Å². The summed E-state index contributed by atoms with van der Waals surface area (Å²) in [5, 5.41) is 0. The van der Waals surface area contributed by atoms with Gasteiger partial charge in [-0.25, -0.2) is 0 Å². The summed E-state index contributed by atoms with van der Waals surface area (Å²) in [7, 11) is 14.9. The van der Waals surface area contributed by atoms with Gasteiger partial charge >= 0.3 is 42.8 Å². The Morgan fingerprint density at radius 2 is 1.42 bits per heavy atom. The monoisotopic (exact) mass is 417 g/mol. The topological polar surface area (TPSA) is 26.0 Å². The molecule has 0 aliphatic carbocycles. The van der Waals surface area contributed by atoms with E-state index in [-0.39, 0.29) is 0 Å². The Labute approximate surface area is 93.5 Å². The van der Waals surface area contributed by atoms with E-state index in [1.807, 2.05) is 0 Å². The fourth-order valence-electron chi connectivity index (χ4n) is 0.596. The van der Waals surface area contributed by atoms with E-state index in [9.17, 15) is 0 Å². The van der Waals surface area contributed by atoms with Crippen LogP contribution in [-0.2, 0) is 15.2 Å². The maximum absolute atomic E-state index is 5.54. The van der Waals surface area contributed by atoms with E-state index in [0.29, 0.717) is 6.04 Å². The van der Waals surface area contributed by atoms with Crippen molar-refractivity contribution in [1.82, 2.24) is 0 Å². The standard InChI is InChI=1S/C7H17N.Au.3ClH/c1-6(2)4-5-7(3)8;;;;/h6-7H,4-5,8H2,1-3H3;;3*1H/q;+3;;;/p-3. The van der Waals surface area contributed by atoms with E-state index >= 15 is 0 Å². The molecule has 0 saturated carbocycles. The van der Waals surface area contributed by atoms with Crippen LogP contribution in [0.15, 0.2) is 0 Å². The second-order valence-corrected chi connectivity index (χ2v) is 12.5. The summed E-state index contributed by atoms with van der Waals surface area (Å²) in [4.78, 5) is 0. The zero-order valence-electron chi connectivity index (χ0n) is 7.58. The number of hydrogen-bond acceptors (Lipinski definition) is 1. The number of nitrogens with two attached hydrogens (primary N) is 1. The Morgan fingerprint density at radius 3 is 1.50 bits per heavy atom. The molecule has 0 aliphatic heterocycles. The van der Waals surface area contributed by atoms with Gasteiger partial charge in [-0.05, 0) is 25.7 Å². The molecule has 0 aliphatic rings. The van der Waals surface area contributed by atoms with Crippen molar-refractivity contribution >= 4 is 27.6 Å². The second kappa shape index (κ2) is 10.6. The third-order valence-corrected chi connectivity index (χ3v) is 1.20. The normalized spacial score (nSPS) is 13.5. The molecular formula is C7H17AuCl3N. The minimum atomic E-state index is -1.79. The number of hydrogen-bond donors (Lipinski definition) is 1. The van der Waals surface area contributed by atoms with Crippen molar-refractivity contribution < 1.29 is 15.2 Å². The summed E-state index contributed by atoms with van der Waals surface area (Å²) < 4.78 is 0. The minimum absolute atomic E-state index is 0.386. The molecule has 0 saturated heterocycles. The molecule has 82 valence electrons. The Morgan fingerprint density at radius 1 is 1.08 bits per heavy atom. The molecular weight excluding hydrogens is 401 g/mol. The summed E-state index contributed by atoms with van der Waals surface area (Å²) in [5.41, 5.74) is 5.54. The van der Waals surface area contributed by atoms with E-state index in [4.69, 9.17) is 33.3 Å². The first-order chi connectivity index (χ1) is 5.36. The average Bonchev–Trinajstić information content (AvgIpc) is 1.82. The molecule has 12 heavy (non-hydrogen) atoms. The van der Waals surface area contributed by atoms with Crippen molar-refractivity contribution in [1.29, 1.82) is 0 Å². The zero-order valence-corrected chi connectivity index (χ0v) is 12.0. The SMILES string of the molecule is CC(C)CCC(C)N.[Cl][Au]([Cl])[Cl]. The Bertz CT molecular complexity index is 78.0. The molecule has 0 rings (SSSR count). The van der Waals surface area contributed by atoms with Gasteiger partial charge < -0.3 is 5.73 Å². The van der Waals surface area contributed by atoms with E-state index < -0.39 is 15.2 Å². The molecule has 0 aromatic carbocycles. The van der Waals surface area contributed by atoms with Crippen LogP contribution in [0.1, 0.15) is 33.6 Å². The molecule has 0 radical (unpaired) electrons. The van der Waals surface area contributed by atoms with Gasteiger partial charge in [0.05, 0.1) is 0 Å². The maximum atomic E-state index is 5.54. The van der Waals surface area contributed by atoms with Gasteiger partial charge in [-0.1, -0.05) is 13.8 Å². The summed E-state index contributed by atoms with van der Waals surface area (Å²) in [6, 6.07) is 0.386. The van der Waals surface area contributed by atoms with Crippen molar-refractivity contribution in [3.63, 3.8) is 0 Å². The van der Waals surface area contributed by atoms with E-state index in [2.05, 4.69) is 20.8 Å². The van der Waals surface area contributed by atoms with Gasteiger partial charge in [-0.15, -0.1) is 0 Å². The summed E-state index contributed by atoms with van der Waals surface area (Å²) in [6.07, 6.45) is 2.43. The van der Waals surface area contributed by atoms with Gasteiger partial charge in [0.2, 0.25) is 0 Å². The van der Waals surface area contributed by atoms with Gasteiger partial charge in [0.1, 0.15) is 0 Å². The van der Waals surface area contributed by atoms with Gasteiger partial charge in [-0.3, -0.25) is 0 Å². The van der Waals surface area contributed by atoms with Gasteiger partial charge in [-0.2, -0.15) is 0 Å². The van der Waals surface area contributed by atoms with Gasteiger partial charge in [0, 0.05) is 6.04 Å². The van der Waals surface area contributed by atoms with Crippen molar-refractivity contribution in [2.75, 3.05) is 0 Å². The predicted octanol–water partition coefficient (Wildman–Crippen LogP) is 3.84. The van der Waals surface area contributed by atoms with Crippen LogP contribution in [0.25, 0.3) is 0 Å². The van der Waals surface area contributed by atoms with Crippen LogP contribution in [0.3, 0.4) is 0 Å². The third-order valence-electron chi connectivity index (χ3n) is 1.20. The van der Waals surface area contributed by atoms with Crippen molar-refractivity contribution in [3.8, 4) is 0 Å². The van der Waals surface area contributed by atoms with E-state index in [0.717, 1.165) is 12.3 Å². The number of rotatable bonds is 3. The molecule has 2 N–H and O–H groups in total. The summed E-state index contributed by atoms with van der Waals surface area (Å²) in [5.74, 6) is 0.806. The molecule has 0 aromatic heterocycles. The van der Waals surface area contributed by atoms with Crippen LogP contribution >= 0.6 is 27.6 Å². The number of halogens is 3. The Hall–Kier alpha value is 1.57. The molecule has 0 amide bonds. The molecule has 0 bridgehead atoms. The van der Waals surface area contributed by atoms with Crippen molar-refractivity contribution in [2.45, 2.75) is 39.7 Å². The first-order valence-corrected chi connectivity index (χ1v) is 11.8. The van der Waals surface area contributed by atoms with Crippen LogP contribution in [0.4, 0.5) is 0 Å². The summed E-state index contributed by atoms with van der Waals surface area (Å²) in [6.45, 7) is 6.51. The summed E-state index contributed by atoms with van der Waals surface area (Å²) >= 11 is -1.79. The molecule has 0 heterocycles. The third kappa shape index (κ3) is 29.9. The first kappa shape index (κ1) is 16.0. The van der Waals surface area contributed by atoms with Crippen molar-refractivity contribution in [2.24, 2.45) is 11.7 Å². The van der Waals surface area contributed by atoms with Crippen LogP contribution < -0.4 is 5.73 Å². The molecule has 0 spiro atoms. The predicted molar refractivity (Wildman–Crippen MR) is 55.3 cm³/mol. The quantitative estimate of drug-likeness (QED) is 0.693. The van der Waals surface area contributed by atoms with E-state index in [1.54, 1.807) is 0 Å². The average molecular weight is 419 g/mol. The molecule has 1 atom stereocenters. The van der Waals surface area contributed by atoms with Crippen LogP contribution in [0, 0.1) is 5.92 Å². The van der Waals surface area contributed by atoms with Gasteiger partial charge in [0.25, 0.3) is 0 Å². The fourth-order valence-corrected chi connectivity index (χ4v) is 0.596. The van der Waals surface area contributed by atoms with Gasteiger partial charge in [0.15, 0.2) is 0 Å². The first-order valence-electron chi connectivity index (χ1n) is 3.72. The van der Waals surface area contributed by atoms with E-state index in [1.165, 1.54) is 6.42 Å². The Kier molecular flexibility index (Phi) is 14.2. The molecule has 5 heteroatoms.